The number of hydrogen-bond donors (Lipinski definition) is 2. The summed E-state index contributed by atoms with van der Waals surface area (Å²) in [6.07, 6.45) is 0.325. The van der Waals surface area contributed by atoms with Gasteiger partial charge in [-0.25, -0.2) is 13.5 Å². The Kier molecular flexibility index (Phi) is 4.46. The molecular formula is C11H13ClN4O3S. The van der Waals surface area contributed by atoms with Crippen molar-refractivity contribution in [1.29, 1.82) is 0 Å². The highest BCUT2D eigenvalue weighted by atomic mass is 35.5. The van der Waals surface area contributed by atoms with Crippen LogP contribution in [0, 0.1) is 0 Å². The number of ether oxygens (including phenoxy) is 1. The summed E-state index contributed by atoms with van der Waals surface area (Å²) in [7, 11) is -3.51. The summed E-state index contributed by atoms with van der Waals surface area (Å²) < 4.78 is 29.1. The van der Waals surface area contributed by atoms with Crippen LogP contribution in [-0.2, 0) is 9.84 Å². The van der Waals surface area contributed by atoms with E-state index in [0.717, 1.165) is 0 Å². The Balaban J connectivity index is 1.82. The molecule has 0 spiro atoms. The van der Waals surface area contributed by atoms with Gasteiger partial charge in [0.1, 0.15) is 5.75 Å². The maximum absolute atomic E-state index is 11.8. The molecule has 1 heterocycles. The molecule has 0 aliphatic rings. The van der Waals surface area contributed by atoms with E-state index in [9.17, 15) is 8.42 Å². The Morgan fingerprint density at radius 1 is 1.30 bits per heavy atom. The average Bonchev–Trinajstić information content (AvgIpc) is 2.84. The number of nitrogens with zero attached hydrogens (tertiary/aromatic N) is 2. The number of halogens is 1. The van der Waals surface area contributed by atoms with E-state index in [1.54, 1.807) is 24.3 Å². The molecule has 7 nitrogen and oxygen atoms in total. The molecule has 20 heavy (non-hydrogen) atoms. The number of H-pyrrole nitrogens is 1. The lowest BCUT2D eigenvalue weighted by Gasteiger charge is -2.05. The van der Waals surface area contributed by atoms with Gasteiger partial charge < -0.3 is 10.5 Å². The van der Waals surface area contributed by atoms with Crippen molar-refractivity contribution < 1.29 is 13.2 Å². The molecule has 2 aromatic rings. The fourth-order valence-corrected chi connectivity index (χ4v) is 2.70. The van der Waals surface area contributed by atoms with Crippen LogP contribution < -0.4 is 10.5 Å². The number of nitrogens with two attached hydrogens (primary N) is 1. The number of sulfone groups is 1. The molecule has 0 saturated carbocycles. The van der Waals surface area contributed by atoms with Gasteiger partial charge >= 0.3 is 0 Å². The molecular weight excluding hydrogens is 304 g/mol. The zero-order valence-corrected chi connectivity index (χ0v) is 12.0. The predicted molar refractivity (Wildman–Crippen MR) is 74.4 cm³/mol. The molecule has 9 heteroatoms. The second kappa shape index (κ2) is 6.10. The summed E-state index contributed by atoms with van der Waals surface area (Å²) >= 11 is 5.74. The van der Waals surface area contributed by atoms with Crippen molar-refractivity contribution in [2.24, 2.45) is 0 Å². The Morgan fingerprint density at radius 2 is 2.00 bits per heavy atom. The van der Waals surface area contributed by atoms with Gasteiger partial charge in [-0.1, -0.05) is 11.6 Å². The smallest absolute Gasteiger partial charge is 0.244 e. The zero-order chi connectivity index (χ0) is 14.6. The first kappa shape index (κ1) is 14.6. The van der Waals surface area contributed by atoms with E-state index in [0.29, 0.717) is 17.2 Å². The monoisotopic (exact) mass is 316 g/mol. The van der Waals surface area contributed by atoms with E-state index in [4.69, 9.17) is 22.1 Å². The number of benzene rings is 1. The van der Waals surface area contributed by atoms with Gasteiger partial charge in [-0.2, -0.15) is 4.98 Å². The van der Waals surface area contributed by atoms with Crippen LogP contribution in [0.2, 0.25) is 5.02 Å². The summed E-state index contributed by atoms with van der Waals surface area (Å²) in [6, 6.07) is 6.83. The third kappa shape index (κ3) is 3.84. The van der Waals surface area contributed by atoms with Crippen LogP contribution in [0.15, 0.2) is 29.4 Å². The third-order valence-corrected chi connectivity index (χ3v) is 4.27. The fraction of sp³-hybridized carbons (Fsp3) is 0.273. The van der Waals surface area contributed by atoms with Crippen molar-refractivity contribution in [3.05, 3.63) is 29.3 Å². The molecule has 2 rings (SSSR count). The average molecular weight is 317 g/mol. The molecule has 108 valence electrons. The standard InChI is InChI=1S/C11H13ClN4O3S/c12-8-2-4-9(5-3-8)19-6-1-7-20(17,18)11-14-10(13)15-16-11/h2-5H,1,6-7H2,(H3,13,14,15,16). The van der Waals surface area contributed by atoms with Crippen molar-refractivity contribution in [3.63, 3.8) is 0 Å². The summed E-state index contributed by atoms with van der Waals surface area (Å²) in [6.45, 7) is 0.268. The highest BCUT2D eigenvalue weighted by Crippen LogP contribution is 2.16. The fourth-order valence-electron chi connectivity index (χ4n) is 1.46. The highest BCUT2D eigenvalue weighted by Gasteiger charge is 2.18. The van der Waals surface area contributed by atoms with Crippen LogP contribution in [0.3, 0.4) is 0 Å². The van der Waals surface area contributed by atoms with Gasteiger partial charge in [0.15, 0.2) is 0 Å². The van der Waals surface area contributed by atoms with Crippen LogP contribution >= 0.6 is 11.6 Å². The Labute approximate surface area is 121 Å². The van der Waals surface area contributed by atoms with Gasteiger partial charge in [-0.05, 0) is 30.7 Å². The lowest BCUT2D eigenvalue weighted by atomic mass is 10.3. The van der Waals surface area contributed by atoms with Crippen LogP contribution in [0.1, 0.15) is 6.42 Å². The molecule has 0 unspecified atom stereocenters. The molecule has 0 bridgehead atoms. The van der Waals surface area contributed by atoms with Gasteiger partial charge in [0.05, 0.1) is 12.4 Å². The summed E-state index contributed by atoms with van der Waals surface area (Å²) in [5.41, 5.74) is 5.26. The van der Waals surface area contributed by atoms with Crippen molar-refractivity contribution in [3.8, 4) is 5.75 Å². The van der Waals surface area contributed by atoms with E-state index in [-0.39, 0.29) is 23.5 Å². The molecule has 0 atom stereocenters. The molecule has 1 aromatic carbocycles. The van der Waals surface area contributed by atoms with Crippen molar-refractivity contribution >= 4 is 27.4 Å². The van der Waals surface area contributed by atoms with Crippen molar-refractivity contribution in [2.75, 3.05) is 18.1 Å². The first-order chi connectivity index (χ1) is 9.47. The first-order valence-corrected chi connectivity index (χ1v) is 7.79. The Hall–Kier alpha value is -1.80. The normalized spacial score (nSPS) is 11.4. The number of hydrogen-bond acceptors (Lipinski definition) is 6. The molecule has 0 amide bonds. The first-order valence-electron chi connectivity index (χ1n) is 5.76. The predicted octanol–water partition coefficient (Wildman–Crippen LogP) is 1.28. The van der Waals surface area contributed by atoms with Crippen LogP contribution in [0.4, 0.5) is 5.95 Å². The highest BCUT2D eigenvalue weighted by molar-refractivity contribution is 7.91. The second-order valence-corrected chi connectivity index (χ2v) is 6.43. The van der Waals surface area contributed by atoms with Crippen LogP contribution in [0.25, 0.3) is 0 Å². The Bertz CT molecular complexity index is 669. The molecule has 1 aromatic heterocycles. The number of aromatic amines is 1. The molecule has 0 aliphatic heterocycles. The van der Waals surface area contributed by atoms with E-state index in [1.807, 2.05) is 0 Å². The number of aromatic nitrogens is 3. The minimum atomic E-state index is -3.51. The SMILES string of the molecule is Nc1n[nH]c(S(=O)(=O)CCCOc2ccc(Cl)cc2)n1. The quantitative estimate of drug-likeness (QED) is 0.777. The van der Waals surface area contributed by atoms with Crippen LogP contribution in [0.5, 0.6) is 5.75 Å². The molecule has 0 fully saturated rings. The van der Waals surface area contributed by atoms with Gasteiger partial charge in [0.2, 0.25) is 20.9 Å². The summed E-state index contributed by atoms with van der Waals surface area (Å²) in [4.78, 5) is 3.60. The Morgan fingerprint density at radius 3 is 2.60 bits per heavy atom. The zero-order valence-electron chi connectivity index (χ0n) is 10.4. The lowest BCUT2D eigenvalue weighted by molar-refractivity contribution is 0.317. The molecule has 0 aliphatic carbocycles. The van der Waals surface area contributed by atoms with E-state index < -0.39 is 9.84 Å². The molecule has 0 radical (unpaired) electrons. The van der Waals surface area contributed by atoms with Gasteiger partial charge in [0.25, 0.3) is 0 Å². The maximum Gasteiger partial charge on any atom is 0.244 e. The minimum absolute atomic E-state index is 0.0963. The summed E-state index contributed by atoms with van der Waals surface area (Å²) in [5.74, 6) is 0.437. The lowest BCUT2D eigenvalue weighted by Crippen LogP contribution is -2.12. The molecule has 0 saturated heterocycles. The topological polar surface area (TPSA) is 111 Å². The number of nitrogens with one attached hydrogen (secondary N) is 1. The largest absolute Gasteiger partial charge is 0.494 e. The van der Waals surface area contributed by atoms with E-state index in [2.05, 4.69) is 15.2 Å². The molecule has 3 N–H and O–H groups in total. The van der Waals surface area contributed by atoms with Crippen molar-refractivity contribution in [1.82, 2.24) is 15.2 Å². The number of rotatable bonds is 6. The maximum atomic E-state index is 11.8. The van der Waals surface area contributed by atoms with E-state index >= 15 is 0 Å². The second-order valence-electron chi connectivity index (χ2n) is 3.97. The number of anilines is 1. The van der Waals surface area contributed by atoms with Crippen molar-refractivity contribution in [2.45, 2.75) is 11.6 Å². The number of nitrogen functional groups attached to an aromatic ring is 1. The van der Waals surface area contributed by atoms with E-state index in [1.165, 1.54) is 0 Å². The van der Waals surface area contributed by atoms with Gasteiger partial charge in [0, 0.05) is 5.02 Å². The van der Waals surface area contributed by atoms with Crippen LogP contribution in [-0.4, -0.2) is 36.0 Å². The summed E-state index contributed by atoms with van der Waals surface area (Å²) in [5, 5.41) is 6.16. The minimum Gasteiger partial charge on any atom is -0.494 e. The van der Waals surface area contributed by atoms with Gasteiger partial charge in [-0.3, -0.25) is 0 Å². The van der Waals surface area contributed by atoms with Gasteiger partial charge in [-0.15, -0.1) is 5.10 Å². The third-order valence-electron chi connectivity index (χ3n) is 2.42.